The maximum absolute atomic E-state index is 12.2. The molecule has 0 saturated heterocycles. The molecule has 0 heterocycles. The van der Waals surface area contributed by atoms with Gasteiger partial charge in [0.15, 0.2) is 0 Å². The van der Waals surface area contributed by atoms with Crippen molar-refractivity contribution in [3.8, 4) is 0 Å². The molecule has 0 spiro atoms. The van der Waals surface area contributed by atoms with Crippen LogP contribution in [0, 0.1) is 10.1 Å². The smallest absolute Gasteiger partial charge is 0.262 e. The van der Waals surface area contributed by atoms with Gasteiger partial charge < -0.3 is 0 Å². The van der Waals surface area contributed by atoms with E-state index in [9.17, 15) is 18.5 Å². The SMILES string of the molecule is CCCCCCCCCCCCCCCCS(=O)(=O)OC(C)c1ccccc1[N+](=O)[O-]. The zero-order chi connectivity index (χ0) is 23.0. The zero-order valence-electron chi connectivity index (χ0n) is 19.4. The van der Waals surface area contributed by atoms with Crippen molar-refractivity contribution in [1.82, 2.24) is 0 Å². The van der Waals surface area contributed by atoms with Gasteiger partial charge in [-0.25, -0.2) is 0 Å². The summed E-state index contributed by atoms with van der Waals surface area (Å²) in [6, 6.07) is 6.08. The molecule has 0 aromatic heterocycles. The lowest BCUT2D eigenvalue weighted by atomic mass is 10.0. The van der Waals surface area contributed by atoms with Crippen LogP contribution in [0.25, 0.3) is 0 Å². The Labute approximate surface area is 189 Å². The van der Waals surface area contributed by atoms with Crippen molar-refractivity contribution < 1.29 is 17.5 Å². The van der Waals surface area contributed by atoms with Crippen LogP contribution in [0.4, 0.5) is 5.69 Å². The average molecular weight is 456 g/mol. The summed E-state index contributed by atoms with van der Waals surface area (Å²) in [6.45, 7) is 3.78. The van der Waals surface area contributed by atoms with E-state index in [0.717, 1.165) is 19.3 Å². The first-order chi connectivity index (χ1) is 14.9. The predicted octanol–water partition coefficient (Wildman–Crippen LogP) is 7.48. The van der Waals surface area contributed by atoms with Gasteiger partial charge >= 0.3 is 0 Å². The molecule has 0 aliphatic carbocycles. The number of nitro benzene ring substituents is 1. The van der Waals surface area contributed by atoms with Gasteiger partial charge in [-0.05, 0) is 19.4 Å². The van der Waals surface area contributed by atoms with E-state index in [1.54, 1.807) is 12.1 Å². The lowest BCUT2D eigenvalue weighted by Gasteiger charge is -2.13. The maximum atomic E-state index is 12.2. The number of rotatable bonds is 19. The fourth-order valence-corrected chi connectivity index (χ4v) is 4.99. The van der Waals surface area contributed by atoms with Gasteiger partial charge in [-0.15, -0.1) is 0 Å². The molecule has 0 aliphatic heterocycles. The van der Waals surface area contributed by atoms with E-state index in [1.165, 1.54) is 83.3 Å². The van der Waals surface area contributed by atoms with E-state index in [1.807, 2.05) is 0 Å². The molecule has 0 radical (unpaired) electrons. The number of hydrogen-bond donors (Lipinski definition) is 0. The van der Waals surface area contributed by atoms with E-state index >= 15 is 0 Å². The number of hydrogen-bond acceptors (Lipinski definition) is 5. The summed E-state index contributed by atoms with van der Waals surface area (Å²) in [7, 11) is -3.71. The van der Waals surface area contributed by atoms with Crippen LogP contribution in [0.3, 0.4) is 0 Å². The van der Waals surface area contributed by atoms with Gasteiger partial charge in [-0.2, -0.15) is 8.42 Å². The van der Waals surface area contributed by atoms with Crippen molar-refractivity contribution in [2.75, 3.05) is 5.75 Å². The first-order valence-corrected chi connectivity index (χ1v) is 13.6. The normalized spacial score (nSPS) is 12.7. The molecule has 1 aromatic carbocycles. The summed E-state index contributed by atoms with van der Waals surface area (Å²) in [5.74, 6) is -0.0456. The first kappa shape index (κ1) is 27.6. The molecule has 178 valence electrons. The Morgan fingerprint density at radius 2 is 1.29 bits per heavy atom. The molecular weight excluding hydrogens is 414 g/mol. The molecule has 0 fully saturated rings. The second-order valence-corrected chi connectivity index (χ2v) is 10.1. The predicted molar refractivity (Wildman–Crippen MR) is 127 cm³/mol. The molecule has 1 rings (SSSR count). The largest absolute Gasteiger partial charge is 0.275 e. The summed E-state index contributed by atoms with van der Waals surface area (Å²) in [5, 5.41) is 11.1. The Morgan fingerprint density at radius 1 is 0.839 bits per heavy atom. The highest BCUT2D eigenvalue weighted by Gasteiger charge is 2.23. The van der Waals surface area contributed by atoms with E-state index < -0.39 is 21.1 Å². The number of unbranched alkanes of at least 4 members (excludes halogenated alkanes) is 13. The van der Waals surface area contributed by atoms with Gasteiger partial charge in [0.25, 0.3) is 15.8 Å². The highest BCUT2D eigenvalue weighted by molar-refractivity contribution is 7.86. The number of nitro groups is 1. The molecule has 1 atom stereocenters. The molecule has 6 nitrogen and oxygen atoms in total. The zero-order valence-corrected chi connectivity index (χ0v) is 20.2. The maximum Gasteiger partial charge on any atom is 0.275 e. The fourth-order valence-electron chi connectivity index (χ4n) is 3.79. The van der Waals surface area contributed by atoms with Crippen molar-refractivity contribution in [3.05, 3.63) is 39.9 Å². The second-order valence-electron chi connectivity index (χ2n) is 8.41. The van der Waals surface area contributed by atoms with Gasteiger partial charge in [0, 0.05) is 6.07 Å². The van der Waals surface area contributed by atoms with Crippen LogP contribution in [0.5, 0.6) is 0 Å². The van der Waals surface area contributed by atoms with E-state index in [-0.39, 0.29) is 17.0 Å². The second kappa shape index (κ2) is 16.2. The molecule has 0 bridgehead atoms. The van der Waals surface area contributed by atoms with Gasteiger partial charge in [0.1, 0.15) is 6.10 Å². The van der Waals surface area contributed by atoms with Crippen LogP contribution in [0.1, 0.15) is 115 Å². The molecule has 1 unspecified atom stereocenters. The lowest BCUT2D eigenvalue weighted by Crippen LogP contribution is -2.14. The van der Waals surface area contributed by atoms with Crippen LogP contribution >= 0.6 is 0 Å². The third kappa shape index (κ3) is 12.9. The van der Waals surface area contributed by atoms with Crippen LogP contribution in [-0.4, -0.2) is 19.1 Å². The van der Waals surface area contributed by atoms with Crippen LogP contribution in [-0.2, 0) is 14.3 Å². The summed E-state index contributed by atoms with van der Waals surface area (Å²) in [6.07, 6.45) is 16.0. The highest BCUT2D eigenvalue weighted by Crippen LogP contribution is 2.28. The minimum atomic E-state index is -3.71. The summed E-state index contributed by atoms with van der Waals surface area (Å²) in [5.41, 5.74) is 0.152. The van der Waals surface area contributed by atoms with Crippen molar-refractivity contribution in [1.29, 1.82) is 0 Å². The monoisotopic (exact) mass is 455 g/mol. The average Bonchev–Trinajstić information content (AvgIpc) is 2.73. The molecule has 1 aromatic rings. The summed E-state index contributed by atoms with van der Waals surface area (Å²) in [4.78, 5) is 10.6. The topological polar surface area (TPSA) is 86.5 Å². The van der Waals surface area contributed by atoms with Gasteiger partial charge in [-0.3, -0.25) is 14.3 Å². The standard InChI is InChI=1S/C24H41NO5S/c1-3-4-5-6-7-8-9-10-11-12-13-14-15-18-21-31(28,29)30-22(2)23-19-16-17-20-24(23)25(26)27/h16-17,19-20,22H,3-15,18,21H2,1-2H3. The van der Waals surface area contributed by atoms with Gasteiger partial charge in [0.05, 0.1) is 16.2 Å². The van der Waals surface area contributed by atoms with Crippen molar-refractivity contribution >= 4 is 15.8 Å². The van der Waals surface area contributed by atoms with Crippen LogP contribution in [0.15, 0.2) is 24.3 Å². The third-order valence-electron chi connectivity index (χ3n) is 5.61. The van der Waals surface area contributed by atoms with Gasteiger partial charge in [0.2, 0.25) is 0 Å². The lowest BCUT2D eigenvalue weighted by molar-refractivity contribution is -0.386. The van der Waals surface area contributed by atoms with E-state index in [2.05, 4.69) is 6.92 Å². The van der Waals surface area contributed by atoms with Gasteiger partial charge in [-0.1, -0.05) is 103 Å². The minimum Gasteiger partial charge on any atom is -0.262 e. The Hall–Kier alpha value is -1.47. The molecule has 7 heteroatoms. The van der Waals surface area contributed by atoms with Crippen molar-refractivity contribution in [2.24, 2.45) is 0 Å². The van der Waals surface area contributed by atoms with Crippen molar-refractivity contribution in [2.45, 2.75) is 110 Å². The highest BCUT2D eigenvalue weighted by atomic mass is 32.2. The third-order valence-corrected chi connectivity index (χ3v) is 6.98. The molecule has 0 aliphatic rings. The molecular formula is C24H41NO5S. The summed E-state index contributed by atoms with van der Waals surface area (Å²) >= 11 is 0. The Balaban J connectivity index is 2.11. The molecule has 0 saturated carbocycles. The Morgan fingerprint density at radius 3 is 1.77 bits per heavy atom. The molecule has 0 N–H and O–H groups in total. The Kier molecular flexibility index (Phi) is 14.4. The number of nitrogens with zero attached hydrogens (tertiary/aromatic N) is 1. The Bertz CT molecular complexity index is 720. The van der Waals surface area contributed by atoms with E-state index in [0.29, 0.717) is 6.42 Å². The van der Waals surface area contributed by atoms with Crippen LogP contribution < -0.4 is 0 Å². The number of benzene rings is 1. The quantitative estimate of drug-likeness (QED) is 0.0933. The minimum absolute atomic E-state index is 0.0456. The fraction of sp³-hybridized carbons (Fsp3) is 0.750. The van der Waals surface area contributed by atoms with Crippen LogP contribution in [0.2, 0.25) is 0 Å². The van der Waals surface area contributed by atoms with Crippen molar-refractivity contribution in [3.63, 3.8) is 0 Å². The molecule has 0 amide bonds. The number of para-hydroxylation sites is 1. The summed E-state index contributed by atoms with van der Waals surface area (Å²) < 4.78 is 29.6. The van der Waals surface area contributed by atoms with E-state index in [4.69, 9.17) is 4.18 Å². The molecule has 31 heavy (non-hydrogen) atoms. The first-order valence-electron chi connectivity index (χ1n) is 12.0.